The predicted molar refractivity (Wildman–Crippen MR) is 47.6 cm³/mol. The van der Waals surface area contributed by atoms with E-state index in [1.54, 1.807) is 0 Å². The topological polar surface area (TPSA) is 9.23 Å². The monoisotopic (exact) mass is 276 g/mol. The van der Waals surface area contributed by atoms with Crippen LogP contribution in [-0.2, 0) is 0 Å². The molecule has 1 atom stereocenters. The number of ether oxygens (including phenoxy) is 1. The number of hydrogen-bond acceptors (Lipinski definition) is 1. The number of hydrogen-bond donors (Lipinski definition) is 0. The molecule has 0 fully saturated rings. The van der Waals surface area contributed by atoms with Gasteiger partial charge in [0.1, 0.15) is 0 Å². The Balaban J connectivity index is 3.00. The lowest BCUT2D eigenvalue weighted by molar-refractivity contribution is -0.275. The summed E-state index contributed by atoms with van der Waals surface area (Å²) in [6, 6.07) is 1.63. The molecule has 1 unspecified atom stereocenters. The van der Waals surface area contributed by atoms with Crippen molar-refractivity contribution in [3.05, 3.63) is 29.6 Å². The maximum atomic E-state index is 13.1. The Morgan fingerprint density at radius 1 is 1.06 bits per heavy atom. The average Bonchev–Trinajstić information content (AvgIpc) is 2.16. The first-order valence-corrected chi connectivity index (χ1v) is 4.62. The van der Waals surface area contributed by atoms with Crippen LogP contribution in [0.2, 0.25) is 0 Å². The van der Waals surface area contributed by atoms with Crippen LogP contribution in [0.15, 0.2) is 18.2 Å². The second kappa shape index (κ2) is 4.66. The van der Waals surface area contributed by atoms with Gasteiger partial charge in [-0.2, -0.15) is 13.2 Å². The zero-order valence-electron chi connectivity index (χ0n) is 8.86. The van der Waals surface area contributed by atoms with Crippen molar-refractivity contribution in [2.24, 2.45) is 0 Å². The Morgan fingerprint density at radius 2 is 1.61 bits per heavy atom. The van der Waals surface area contributed by atoms with Crippen molar-refractivity contribution in [2.45, 2.75) is 25.4 Å². The van der Waals surface area contributed by atoms with E-state index < -0.39 is 35.6 Å². The molecule has 0 radical (unpaired) electrons. The van der Waals surface area contributed by atoms with E-state index in [2.05, 4.69) is 4.74 Å². The fraction of sp³-hybridized carbons (Fsp3) is 0.400. The molecule has 0 spiro atoms. The predicted octanol–water partition coefficient (Wildman–Crippen LogP) is 4.39. The van der Waals surface area contributed by atoms with E-state index in [0.717, 1.165) is 13.0 Å². The van der Waals surface area contributed by atoms with Crippen LogP contribution >= 0.6 is 0 Å². The van der Waals surface area contributed by atoms with Crippen molar-refractivity contribution >= 4 is 0 Å². The zero-order chi connectivity index (χ0) is 14.1. The first-order chi connectivity index (χ1) is 8.00. The molecule has 0 aliphatic rings. The maximum Gasteiger partial charge on any atom is 0.573 e. The van der Waals surface area contributed by atoms with Crippen LogP contribution in [0.3, 0.4) is 0 Å². The average molecular weight is 276 g/mol. The Bertz CT molecular complexity index is 421. The van der Waals surface area contributed by atoms with Gasteiger partial charge in [-0.3, -0.25) is 0 Å². The summed E-state index contributed by atoms with van der Waals surface area (Å²) in [7, 11) is 0. The molecule has 0 amide bonds. The van der Waals surface area contributed by atoms with Gasteiger partial charge >= 0.3 is 12.5 Å². The van der Waals surface area contributed by atoms with Gasteiger partial charge in [0.15, 0.2) is 11.6 Å². The van der Waals surface area contributed by atoms with Crippen LogP contribution in [0.5, 0.6) is 5.75 Å². The van der Waals surface area contributed by atoms with Crippen molar-refractivity contribution in [3.8, 4) is 5.75 Å². The fourth-order valence-electron chi connectivity index (χ4n) is 1.18. The van der Waals surface area contributed by atoms with E-state index in [4.69, 9.17) is 0 Å². The Morgan fingerprint density at radius 3 is 2.00 bits per heavy atom. The highest BCUT2D eigenvalue weighted by atomic mass is 19.4. The van der Waals surface area contributed by atoms with E-state index in [0.29, 0.717) is 12.1 Å². The summed E-state index contributed by atoms with van der Waals surface area (Å²) in [5, 5.41) is 0. The molecule has 1 aromatic rings. The van der Waals surface area contributed by atoms with E-state index in [9.17, 15) is 30.7 Å². The smallest absolute Gasteiger partial charge is 0.403 e. The number of halogens is 7. The van der Waals surface area contributed by atoms with Crippen LogP contribution in [0, 0.1) is 5.82 Å². The lowest BCUT2D eigenvalue weighted by atomic mass is 10.0. The van der Waals surface area contributed by atoms with Gasteiger partial charge in [0.2, 0.25) is 0 Å². The number of benzene rings is 1. The molecule has 18 heavy (non-hydrogen) atoms. The molecule has 0 bridgehead atoms. The van der Waals surface area contributed by atoms with Gasteiger partial charge in [-0.1, -0.05) is 6.07 Å². The minimum Gasteiger partial charge on any atom is -0.403 e. The fourth-order valence-corrected chi connectivity index (χ4v) is 1.18. The second-order valence-electron chi connectivity index (χ2n) is 3.50. The van der Waals surface area contributed by atoms with E-state index in [-0.39, 0.29) is 0 Å². The van der Waals surface area contributed by atoms with Crippen LogP contribution in [-0.4, -0.2) is 12.5 Å². The minimum absolute atomic E-state index is 0.374. The highest BCUT2D eigenvalue weighted by molar-refractivity contribution is 5.31. The molecular weight excluding hydrogens is 269 g/mol. The van der Waals surface area contributed by atoms with Crippen molar-refractivity contribution in [3.63, 3.8) is 0 Å². The van der Waals surface area contributed by atoms with Crippen molar-refractivity contribution in [1.29, 1.82) is 0 Å². The lowest BCUT2D eigenvalue weighted by Crippen LogP contribution is -2.19. The summed E-state index contributed by atoms with van der Waals surface area (Å²) in [5.74, 6) is -4.64. The Labute approximate surface area is 97.2 Å². The highest BCUT2D eigenvalue weighted by Gasteiger charge is 2.38. The normalized spacial score (nSPS) is 14.4. The molecule has 1 rings (SSSR count). The van der Waals surface area contributed by atoms with Crippen molar-refractivity contribution < 1.29 is 35.5 Å². The quantitative estimate of drug-likeness (QED) is 0.728. The summed E-state index contributed by atoms with van der Waals surface area (Å²) in [5.41, 5.74) is -0.477. The summed E-state index contributed by atoms with van der Waals surface area (Å²) in [6.07, 6.45) is -9.70. The maximum absolute atomic E-state index is 13.1. The van der Waals surface area contributed by atoms with Crippen LogP contribution in [0.4, 0.5) is 30.7 Å². The SMILES string of the molecule is CC(c1ccc(OC(F)(F)F)c(F)c1)C(F)(F)F. The van der Waals surface area contributed by atoms with Crippen molar-refractivity contribution in [2.75, 3.05) is 0 Å². The third kappa shape index (κ3) is 3.78. The molecule has 0 saturated carbocycles. The molecule has 0 saturated heterocycles. The molecule has 1 aromatic carbocycles. The molecule has 102 valence electrons. The molecule has 8 heteroatoms. The van der Waals surface area contributed by atoms with Crippen LogP contribution in [0.1, 0.15) is 18.4 Å². The van der Waals surface area contributed by atoms with E-state index in [1.807, 2.05) is 0 Å². The largest absolute Gasteiger partial charge is 0.573 e. The third-order valence-electron chi connectivity index (χ3n) is 2.17. The minimum atomic E-state index is -5.10. The zero-order valence-corrected chi connectivity index (χ0v) is 8.86. The number of rotatable bonds is 2. The van der Waals surface area contributed by atoms with Gasteiger partial charge < -0.3 is 4.74 Å². The molecule has 1 nitrogen and oxygen atoms in total. The van der Waals surface area contributed by atoms with Gasteiger partial charge in [-0.25, -0.2) is 4.39 Å². The van der Waals surface area contributed by atoms with Gasteiger partial charge in [-0.05, 0) is 24.6 Å². The standard InChI is InChI=1S/C10H7F7O/c1-5(9(12,13)14)6-2-3-8(7(11)4-6)18-10(15,16)17/h2-5H,1H3. The second-order valence-corrected chi connectivity index (χ2v) is 3.50. The summed E-state index contributed by atoms with van der Waals surface area (Å²) >= 11 is 0. The third-order valence-corrected chi connectivity index (χ3v) is 2.17. The van der Waals surface area contributed by atoms with Gasteiger partial charge in [0.25, 0.3) is 0 Å². The molecule has 0 heterocycles. The van der Waals surface area contributed by atoms with Crippen LogP contribution in [0.25, 0.3) is 0 Å². The molecule has 0 N–H and O–H groups in total. The van der Waals surface area contributed by atoms with Gasteiger partial charge in [-0.15, -0.1) is 13.2 Å². The van der Waals surface area contributed by atoms with E-state index in [1.165, 1.54) is 0 Å². The Hall–Kier alpha value is -1.47. The summed E-state index contributed by atoms with van der Waals surface area (Å²) in [4.78, 5) is 0. The molecule has 0 aliphatic heterocycles. The first kappa shape index (κ1) is 14.6. The first-order valence-electron chi connectivity index (χ1n) is 4.62. The van der Waals surface area contributed by atoms with Gasteiger partial charge in [0, 0.05) is 0 Å². The molecule has 0 aliphatic carbocycles. The summed E-state index contributed by atoms with van der Waals surface area (Å²) < 4.78 is 88.7. The highest BCUT2D eigenvalue weighted by Crippen LogP contribution is 2.36. The molecule has 0 aromatic heterocycles. The number of alkyl halides is 6. The Kier molecular flexibility index (Phi) is 3.78. The van der Waals surface area contributed by atoms with E-state index >= 15 is 0 Å². The molecular formula is C10H7F7O. The van der Waals surface area contributed by atoms with Crippen LogP contribution < -0.4 is 4.74 Å². The van der Waals surface area contributed by atoms with Crippen molar-refractivity contribution in [1.82, 2.24) is 0 Å². The lowest BCUT2D eigenvalue weighted by Gasteiger charge is -2.17. The summed E-state index contributed by atoms with van der Waals surface area (Å²) in [6.45, 7) is 0.777. The van der Waals surface area contributed by atoms with Gasteiger partial charge in [0.05, 0.1) is 5.92 Å².